The van der Waals surface area contributed by atoms with Gasteiger partial charge >= 0.3 is 0 Å². The number of primary amides is 1. The molecule has 0 bridgehead atoms. The zero-order valence-electron chi connectivity index (χ0n) is 21.0. The van der Waals surface area contributed by atoms with Gasteiger partial charge in [0.15, 0.2) is 5.65 Å². The van der Waals surface area contributed by atoms with Crippen LogP contribution < -0.4 is 15.8 Å². The minimum atomic E-state index is -0.587. The van der Waals surface area contributed by atoms with Crippen LogP contribution in [0.3, 0.4) is 0 Å². The third-order valence-corrected chi connectivity index (χ3v) is 7.73. The number of benzene rings is 1. The molecule has 2 aliphatic carbocycles. The van der Waals surface area contributed by atoms with Crippen LogP contribution in [0.15, 0.2) is 42.7 Å². The molecule has 6 rings (SSSR count). The number of nitriles is 1. The van der Waals surface area contributed by atoms with Gasteiger partial charge in [-0.3, -0.25) is 14.3 Å². The monoisotopic (exact) mass is 510 g/mol. The van der Waals surface area contributed by atoms with E-state index in [1.54, 1.807) is 47.0 Å². The highest BCUT2D eigenvalue weighted by Crippen LogP contribution is 2.56. The molecule has 2 aliphatic rings. The zero-order chi connectivity index (χ0) is 26.6. The van der Waals surface area contributed by atoms with Crippen molar-refractivity contribution in [2.75, 3.05) is 0 Å². The molecule has 38 heavy (non-hydrogen) atoms. The molecule has 11 heteroatoms. The molecular formula is C27H26N8O3. The maximum Gasteiger partial charge on any atom is 0.254 e. The van der Waals surface area contributed by atoms with Crippen molar-refractivity contribution < 1.29 is 14.3 Å². The molecule has 0 atom stereocenters. The van der Waals surface area contributed by atoms with E-state index < -0.39 is 5.91 Å². The quantitative estimate of drug-likeness (QED) is 0.404. The van der Waals surface area contributed by atoms with Crippen molar-refractivity contribution >= 4 is 22.8 Å². The van der Waals surface area contributed by atoms with Crippen molar-refractivity contribution in [2.24, 2.45) is 18.2 Å². The fraction of sp³-hybridized carbons (Fsp3) is 0.333. The molecule has 0 radical (unpaired) electrons. The summed E-state index contributed by atoms with van der Waals surface area (Å²) in [5, 5.41) is 21.4. The van der Waals surface area contributed by atoms with E-state index in [0.29, 0.717) is 16.8 Å². The first kappa shape index (κ1) is 23.7. The number of nitrogens with zero attached hydrogens (tertiary/aromatic N) is 6. The molecule has 0 saturated heterocycles. The number of rotatable bonds is 6. The highest BCUT2D eigenvalue weighted by atomic mass is 16.5. The number of hydrogen-bond donors (Lipinski definition) is 2. The van der Waals surface area contributed by atoms with Gasteiger partial charge in [-0.15, -0.1) is 0 Å². The van der Waals surface area contributed by atoms with Gasteiger partial charge in [-0.2, -0.15) is 20.4 Å². The van der Waals surface area contributed by atoms with Gasteiger partial charge in [0, 0.05) is 18.5 Å². The number of carbonyl (C=O) groups excluding carboxylic acids is 2. The van der Waals surface area contributed by atoms with Gasteiger partial charge in [-0.25, -0.2) is 4.68 Å². The van der Waals surface area contributed by atoms with Crippen LogP contribution in [0.4, 0.5) is 0 Å². The topological polar surface area (TPSA) is 154 Å². The summed E-state index contributed by atoms with van der Waals surface area (Å²) in [6.07, 6.45) is 6.56. The summed E-state index contributed by atoms with van der Waals surface area (Å²) in [5.74, 6) is -0.488. The summed E-state index contributed by atoms with van der Waals surface area (Å²) in [5.41, 5.74) is 9.20. The number of aryl methyl sites for hydroxylation is 1. The smallest absolute Gasteiger partial charge is 0.254 e. The van der Waals surface area contributed by atoms with Gasteiger partial charge in [0.2, 0.25) is 5.88 Å². The van der Waals surface area contributed by atoms with E-state index in [1.807, 2.05) is 19.1 Å². The number of hydrogen-bond acceptors (Lipinski definition) is 7. The van der Waals surface area contributed by atoms with Crippen LogP contribution in [-0.2, 0) is 7.05 Å². The summed E-state index contributed by atoms with van der Waals surface area (Å²) in [6, 6.07) is 10.9. The van der Waals surface area contributed by atoms with Crippen LogP contribution in [0.1, 0.15) is 57.7 Å². The Hall–Kier alpha value is -4.72. The SMILES string of the molecule is Cc1c(C(=O)NC2CC3(C2)CC(Oc2nc4c(cnn4C)cc2C(N)=O)C3)cnn1-c1ccc(C#N)cc1. The summed E-state index contributed by atoms with van der Waals surface area (Å²) in [6.45, 7) is 1.85. The fourth-order valence-electron chi connectivity index (χ4n) is 5.73. The van der Waals surface area contributed by atoms with Gasteiger partial charge in [0.05, 0.1) is 41.0 Å². The van der Waals surface area contributed by atoms with Crippen molar-refractivity contribution in [1.29, 1.82) is 5.26 Å². The average Bonchev–Trinajstić information content (AvgIpc) is 3.42. The number of carbonyl (C=O) groups is 2. The highest BCUT2D eigenvalue weighted by molar-refractivity contribution is 5.98. The lowest BCUT2D eigenvalue weighted by atomic mass is 9.53. The normalized spacial score (nSPS) is 21.9. The van der Waals surface area contributed by atoms with E-state index in [4.69, 9.17) is 15.7 Å². The molecule has 0 aliphatic heterocycles. The fourth-order valence-corrected chi connectivity index (χ4v) is 5.73. The first-order chi connectivity index (χ1) is 18.2. The second-order valence-electron chi connectivity index (χ2n) is 10.3. The van der Waals surface area contributed by atoms with Crippen LogP contribution >= 0.6 is 0 Å². The van der Waals surface area contributed by atoms with Crippen molar-refractivity contribution in [3.05, 3.63) is 65.1 Å². The Kier molecular flexibility index (Phi) is 5.41. The number of fused-ring (bicyclic) bond motifs is 1. The Labute approximate surface area is 218 Å². The van der Waals surface area contributed by atoms with Crippen LogP contribution in [0.2, 0.25) is 0 Å². The van der Waals surface area contributed by atoms with Gasteiger partial charge in [-0.05, 0) is 68.4 Å². The lowest BCUT2D eigenvalue weighted by molar-refractivity contribution is -0.0847. The minimum Gasteiger partial charge on any atom is -0.474 e. The molecule has 0 unspecified atom stereocenters. The van der Waals surface area contributed by atoms with Crippen LogP contribution in [0.25, 0.3) is 16.7 Å². The standard InChI is InChI=1S/C27H26N8O3/c1-15-22(14-31-35(15)19-5-3-16(12-28)4-6-19)25(37)32-18-8-27(9-18)10-20(11-27)38-26-21(23(29)36)7-17-13-30-34(2)24(17)33-26/h3-7,13-14,18,20H,8-11H2,1-2H3,(H2,29,36)(H,32,37). The van der Waals surface area contributed by atoms with E-state index in [-0.39, 0.29) is 34.9 Å². The van der Waals surface area contributed by atoms with Crippen molar-refractivity contribution in [2.45, 2.75) is 44.8 Å². The van der Waals surface area contributed by atoms with E-state index in [0.717, 1.165) is 42.5 Å². The Morgan fingerprint density at radius 1 is 1.13 bits per heavy atom. The highest BCUT2D eigenvalue weighted by Gasteiger charge is 2.54. The van der Waals surface area contributed by atoms with Crippen molar-refractivity contribution in [3.63, 3.8) is 0 Å². The van der Waals surface area contributed by atoms with Gasteiger partial charge in [0.25, 0.3) is 11.8 Å². The van der Waals surface area contributed by atoms with E-state index in [1.165, 1.54) is 0 Å². The Bertz CT molecular complexity index is 1610. The number of ether oxygens (including phenoxy) is 1. The first-order valence-corrected chi connectivity index (χ1v) is 12.4. The van der Waals surface area contributed by atoms with E-state index >= 15 is 0 Å². The van der Waals surface area contributed by atoms with Crippen molar-refractivity contribution in [1.82, 2.24) is 29.9 Å². The lowest BCUT2D eigenvalue weighted by Gasteiger charge is -2.57. The van der Waals surface area contributed by atoms with Crippen LogP contribution in [0.5, 0.6) is 5.88 Å². The largest absolute Gasteiger partial charge is 0.474 e. The molecule has 2 saturated carbocycles. The molecule has 4 aromatic rings. The number of aromatic nitrogens is 5. The molecule has 192 valence electrons. The maximum atomic E-state index is 13.0. The molecule has 3 aromatic heterocycles. The minimum absolute atomic E-state index is 0.0594. The predicted octanol–water partition coefficient (Wildman–Crippen LogP) is 2.55. The van der Waals surface area contributed by atoms with Crippen LogP contribution in [0, 0.1) is 23.7 Å². The van der Waals surface area contributed by atoms with E-state index in [2.05, 4.69) is 26.6 Å². The number of pyridine rings is 1. The molecule has 3 N–H and O–H groups in total. The second kappa shape index (κ2) is 8.69. The number of nitrogens with one attached hydrogen (secondary N) is 1. The summed E-state index contributed by atoms with van der Waals surface area (Å²) < 4.78 is 9.42. The first-order valence-electron chi connectivity index (χ1n) is 12.4. The lowest BCUT2D eigenvalue weighted by Crippen LogP contribution is -2.58. The van der Waals surface area contributed by atoms with Crippen LogP contribution in [-0.4, -0.2) is 48.5 Å². The maximum absolute atomic E-state index is 13.0. The van der Waals surface area contributed by atoms with Gasteiger partial charge in [-0.1, -0.05) is 0 Å². The molecular weight excluding hydrogens is 484 g/mol. The molecule has 11 nitrogen and oxygen atoms in total. The molecule has 3 heterocycles. The third-order valence-electron chi connectivity index (χ3n) is 7.73. The summed E-state index contributed by atoms with van der Waals surface area (Å²) in [7, 11) is 1.78. The molecule has 2 fully saturated rings. The average molecular weight is 511 g/mol. The Morgan fingerprint density at radius 3 is 2.55 bits per heavy atom. The van der Waals surface area contributed by atoms with E-state index in [9.17, 15) is 9.59 Å². The number of amides is 2. The zero-order valence-corrected chi connectivity index (χ0v) is 21.0. The predicted molar refractivity (Wildman–Crippen MR) is 137 cm³/mol. The van der Waals surface area contributed by atoms with Gasteiger partial charge < -0.3 is 15.8 Å². The molecule has 1 aromatic carbocycles. The van der Waals surface area contributed by atoms with Crippen molar-refractivity contribution in [3.8, 4) is 17.6 Å². The molecule has 1 spiro atoms. The summed E-state index contributed by atoms with van der Waals surface area (Å²) >= 11 is 0. The third kappa shape index (κ3) is 3.94. The summed E-state index contributed by atoms with van der Waals surface area (Å²) in [4.78, 5) is 29.4. The Balaban J connectivity index is 1.05. The number of nitrogens with two attached hydrogens (primary N) is 1. The Morgan fingerprint density at radius 2 is 1.87 bits per heavy atom. The van der Waals surface area contributed by atoms with Gasteiger partial charge in [0.1, 0.15) is 11.7 Å². The second-order valence-corrected chi connectivity index (χ2v) is 10.3. The molecule has 2 amide bonds.